The smallest absolute Gasteiger partial charge is 0.419 e. The molecule has 0 saturated carbocycles. The van der Waals surface area contributed by atoms with E-state index in [0.717, 1.165) is 28.2 Å². The second-order valence-corrected chi connectivity index (χ2v) is 11.1. The number of carbonyl (C=O) groups is 2. The average molecular weight is 479 g/mol. The van der Waals surface area contributed by atoms with E-state index < -0.39 is 17.3 Å². The molecule has 0 atom stereocenters. The summed E-state index contributed by atoms with van der Waals surface area (Å²) >= 11 is 0. The van der Waals surface area contributed by atoms with Gasteiger partial charge in [0.2, 0.25) is 0 Å². The lowest BCUT2D eigenvalue weighted by Crippen LogP contribution is -2.40. The molecule has 8 nitrogen and oxygen atoms in total. The first kappa shape index (κ1) is 24.7. The van der Waals surface area contributed by atoms with Crippen LogP contribution in [0.15, 0.2) is 24.3 Å². The van der Waals surface area contributed by atoms with E-state index in [2.05, 4.69) is 4.98 Å². The summed E-state index contributed by atoms with van der Waals surface area (Å²) in [6.45, 7) is 15.9. The van der Waals surface area contributed by atoms with Gasteiger partial charge in [0.25, 0.3) is 0 Å². The van der Waals surface area contributed by atoms with Crippen LogP contribution in [-0.2, 0) is 22.4 Å². The first-order valence-corrected chi connectivity index (χ1v) is 11.9. The van der Waals surface area contributed by atoms with Crippen molar-refractivity contribution >= 4 is 23.2 Å². The molecule has 0 fully saturated rings. The highest BCUT2D eigenvalue weighted by Crippen LogP contribution is 2.32. The molecule has 0 radical (unpaired) electrons. The zero-order chi connectivity index (χ0) is 25.7. The number of rotatable bonds is 1. The number of hydrogen-bond acceptors (Lipinski definition) is 6. The Kier molecular flexibility index (Phi) is 6.11. The Hall–Kier alpha value is -3.42. The Balaban J connectivity index is 1.81. The van der Waals surface area contributed by atoms with Crippen molar-refractivity contribution in [2.24, 2.45) is 0 Å². The van der Waals surface area contributed by atoms with E-state index >= 15 is 0 Å². The highest BCUT2D eigenvalue weighted by Gasteiger charge is 2.29. The number of pyridine rings is 2. The van der Waals surface area contributed by atoms with E-state index in [1.165, 1.54) is 0 Å². The van der Waals surface area contributed by atoms with Gasteiger partial charge in [-0.15, -0.1) is 0 Å². The van der Waals surface area contributed by atoms with Crippen LogP contribution in [0, 0.1) is 13.8 Å². The van der Waals surface area contributed by atoms with Gasteiger partial charge in [0.1, 0.15) is 11.2 Å². The maximum Gasteiger partial charge on any atom is 0.419 e. The zero-order valence-corrected chi connectivity index (χ0v) is 21.9. The summed E-state index contributed by atoms with van der Waals surface area (Å²) in [7, 11) is 0. The zero-order valence-electron chi connectivity index (χ0n) is 21.9. The van der Waals surface area contributed by atoms with Gasteiger partial charge < -0.3 is 14.4 Å². The van der Waals surface area contributed by atoms with Crippen LogP contribution in [-0.4, -0.2) is 49.4 Å². The van der Waals surface area contributed by atoms with Crippen molar-refractivity contribution in [1.82, 2.24) is 19.4 Å². The molecule has 4 heterocycles. The van der Waals surface area contributed by atoms with Gasteiger partial charge in [0.15, 0.2) is 0 Å². The Morgan fingerprint density at radius 2 is 1.46 bits per heavy atom. The SMILES string of the molecule is Cc1cc(-c2cc3nc4c(cc3n2C(=O)OC(C)(C)C)CCN(C(=O)OC(C)(C)C)C4)cc(C)n1. The van der Waals surface area contributed by atoms with Crippen LogP contribution in [0.1, 0.15) is 64.2 Å². The lowest BCUT2D eigenvalue weighted by Gasteiger charge is -2.30. The van der Waals surface area contributed by atoms with Crippen LogP contribution in [0.3, 0.4) is 0 Å². The predicted molar refractivity (Wildman–Crippen MR) is 134 cm³/mol. The van der Waals surface area contributed by atoms with Crippen LogP contribution in [0.4, 0.5) is 9.59 Å². The van der Waals surface area contributed by atoms with Crippen molar-refractivity contribution in [2.45, 2.75) is 79.6 Å². The molecule has 0 unspecified atom stereocenters. The van der Waals surface area contributed by atoms with Crippen molar-refractivity contribution in [1.29, 1.82) is 0 Å². The normalized spacial score (nSPS) is 14.1. The summed E-state index contributed by atoms with van der Waals surface area (Å²) in [5.41, 5.74) is 5.25. The summed E-state index contributed by atoms with van der Waals surface area (Å²) in [6.07, 6.45) is -0.179. The van der Waals surface area contributed by atoms with E-state index in [-0.39, 0.29) is 6.09 Å². The van der Waals surface area contributed by atoms with Crippen molar-refractivity contribution in [3.63, 3.8) is 0 Å². The third-order valence-electron chi connectivity index (χ3n) is 5.55. The third-order valence-corrected chi connectivity index (χ3v) is 5.55. The molecule has 0 N–H and O–H groups in total. The molecule has 8 heteroatoms. The quantitative estimate of drug-likeness (QED) is 0.440. The standard InChI is InChI=1S/C27H34N4O4/c1-16-11-19(12-17(2)28-16)22-14-20-23(31(22)25(33)35-27(6,7)8)13-18-9-10-30(15-21(18)29-20)24(32)34-26(3,4)5/h11-14H,9-10,15H2,1-8H3. The number of fused-ring (bicyclic) bond motifs is 2. The number of hydrogen-bond donors (Lipinski definition) is 0. The molecular weight excluding hydrogens is 444 g/mol. The van der Waals surface area contributed by atoms with Gasteiger partial charge in [-0.1, -0.05) is 0 Å². The van der Waals surface area contributed by atoms with E-state index in [1.807, 2.05) is 79.7 Å². The second kappa shape index (κ2) is 8.66. The number of amides is 1. The number of carbonyl (C=O) groups excluding carboxylic acids is 2. The van der Waals surface area contributed by atoms with Crippen LogP contribution in [0.25, 0.3) is 22.3 Å². The fraction of sp³-hybridized carbons (Fsp3) is 0.481. The predicted octanol–water partition coefficient (Wildman–Crippen LogP) is 5.79. The van der Waals surface area contributed by atoms with Gasteiger partial charge in [-0.25, -0.2) is 19.1 Å². The molecular formula is C27H34N4O4. The molecule has 186 valence electrons. The monoisotopic (exact) mass is 478 g/mol. The van der Waals surface area contributed by atoms with E-state index in [4.69, 9.17) is 14.5 Å². The van der Waals surface area contributed by atoms with Crippen molar-refractivity contribution in [2.75, 3.05) is 6.54 Å². The number of nitrogens with zero attached hydrogens (tertiary/aromatic N) is 4. The lowest BCUT2D eigenvalue weighted by atomic mass is 10.0. The summed E-state index contributed by atoms with van der Waals surface area (Å²) in [4.78, 5) is 37.0. The maximum absolute atomic E-state index is 13.4. The molecule has 0 saturated heterocycles. The summed E-state index contributed by atoms with van der Waals surface area (Å²) in [5, 5.41) is 0. The minimum Gasteiger partial charge on any atom is -0.444 e. The van der Waals surface area contributed by atoms with Crippen molar-refractivity contribution in [3.8, 4) is 11.3 Å². The Morgan fingerprint density at radius 3 is 2.06 bits per heavy atom. The fourth-order valence-electron chi connectivity index (χ4n) is 4.26. The molecule has 4 rings (SSSR count). The molecule has 3 aromatic heterocycles. The first-order valence-electron chi connectivity index (χ1n) is 11.9. The maximum atomic E-state index is 13.4. The first-order chi connectivity index (χ1) is 16.2. The molecule has 0 spiro atoms. The third kappa shape index (κ3) is 5.47. The van der Waals surface area contributed by atoms with Gasteiger partial charge in [0, 0.05) is 23.5 Å². The van der Waals surface area contributed by atoms with Crippen LogP contribution < -0.4 is 0 Å². The summed E-state index contributed by atoms with van der Waals surface area (Å²) in [5.74, 6) is 0. The van der Waals surface area contributed by atoms with Crippen molar-refractivity contribution in [3.05, 3.63) is 46.9 Å². The van der Waals surface area contributed by atoms with E-state index in [9.17, 15) is 9.59 Å². The topological polar surface area (TPSA) is 86.6 Å². The number of ether oxygens (including phenoxy) is 2. The fourth-order valence-corrected chi connectivity index (χ4v) is 4.26. The number of aromatic nitrogens is 3. The Labute approximate surface area is 206 Å². The van der Waals surface area contributed by atoms with Gasteiger partial charge in [-0.3, -0.25) is 4.98 Å². The van der Waals surface area contributed by atoms with Gasteiger partial charge in [-0.2, -0.15) is 0 Å². The molecule has 35 heavy (non-hydrogen) atoms. The number of aryl methyl sites for hydroxylation is 2. The molecule has 0 aromatic carbocycles. The molecule has 1 amide bonds. The summed E-state index contributed by atoms with van der Waals surface area (Å²) in [6, 6.07) is 7.80. The van der Waals surface area contributed by atoms with Gasteiger partial charge in [-0.05, 0) is 91.6 Å². The Bertz CT molecular complexity index is 1290. The van der Waals surface area contributed by atoms with Crippen LogP contribution >= 0.6 is 0 Å². The minimum atomic E-state index is -0.648. The molecule has 3 aromatic rings. The molecule has 0 bridgehead atoms. The van der Waals surface area contributed by atoms with E-state index in [0.29, 0.717) is 36.2 Å². The largest absolute Gasteiger partial charge is 0.444 e. The minimum absolute atomic E-state index is 0.347. The highest BCUT2D eigenvalue weighted by molar-refractivity contribution is 5.95. The van der Waals surface area contributed by atoms with Crippen LogP contribution in [0.5, 0.6) is 0 Å². The molecule has 1 aliphatic heterocycles. The summed E-state index contributed by atoms with van der Waals surface area (Å²) < 4.78 is 12.9. The van der Waals surface area contributed by atoms with E-state index in [1.54, 1.807) is 9.47 Å². The van der Waals surface area contributed by atoms with Crippen LogP contribution in [0.2, 0.25) is 0 Å². The Morgan fingerprint density at radius 1 is 0.857 bits per heavy atom. The highest BCUT2D eigenvalue weighted by atomic mass is 16.6. The second-order valence-electron chi connectivity index (χ2n) is 11.1. The van der Waals surface area contributed by atoms with Gasteiger partial charge >= 0.3 is 12.2 Å². The molecule has 0 aliphatic carbocycles. The molecule has 1 aliphatic rings. The lowest BCUT2D eigenvalue weighted by molar-refractivity contribution is 0.0221. The van der Waals surface area contributed by atoms with Crippen molar-refractivity contribution < 1.29 is 19.1 Å². The van der Waals surface area contributed by atoms with Gasteiger partial charge in [0.05, 0.1) is 29.0 Å². The average Bonchev–Trinajstić information content (AvgIpc) is 3.07.